The third-order valence-electron chi connectivity index (χ3n) is 5.63. The number of aromatic nitrogens is 1. The zero-order valence-corrected chi connectivity index (χ0v) is 19.4. The van der Waals surface area contributed by atoms with Crippen LogP contribution in [0.5, 0.6) is 17.2 Å². The summed E-state index contributed by atoms with van der Waals surface area (Å²) in [4.78, 5) is 27.6. The lowest BCUT2D eigenvalue weighted by Gasteiger charge is -2.24. The minimum absolute atomic E-state index is 0.0937. The molecule has 0 saturated carbocycles. The van der Waals surface area contributed by atoms with Gasteiger partial charge >= 0.3 is 5.91 Å². The molecule has 0 spiro atoms. The average Bonchev–Trinajstić information content (AvgIpc) is 3.38. The van der Waals surface area contributed by atoms with Gasteiger partial charge in [-0.3, -0.25) is 14.5 Å². The van der Waals surface area contributed by atoms with E-state index in [-0.39, 0.29) is 17.2 Å². The number of ketones is 1. The SMILES string of the molecule is COc1cc(C2/C(=C(\O)c3ccc(C)cc3)C(=O)C(=O)N2c2cc(C)on2)cc(OC)c1OC. The Hall–Kier alpha value is -4.27. The summed E-state index contributed by atoms with van der Waals surface area (Å²) in [7, 11) is 4.40. The number of benzene rings is 2. The molecule has 1 atom stereocenters. The summed E-state index contributed by atoms with van der Waals surface area (Å²) in [6.45, 7) is 3.58. The van der Waals surface area contributed by atoms with Gasteiger partial charge in [-0.15, -0.1) is 0 Å². The molecule has 176 valence electrons. The maximum atomic E-state index is 13.2. The number of nitrogens with zero attached hydrogens (tertiary/aromatic N) is 2. The summed E-state index contributed by atoms with van der Waals surface area (Å²) in [5, 5.41) is 15.1. The van der Waals surface area contributed by atoms with Crippen LogP contribution >= 0.6 is 0 Å². The van der Waals surface area contributed by atoms with Crippen LogP contribution in [0, 0.1) is 13.8 Å². The monoisotopic (exact) mass is 464 g/mol. The molecule has 1 unspecified atom stereocenters. The molecule has 2 heterocycles. The van der Waals surface area contributed by atoms with Crippen molar-refractivity contribution in [3.63, 3.8) is 0 Å². The summed E-state index contributed by atoms with van der Waals surface area (Å²) >= 11 is 0. The van der Waals surface area contributed by atoms with Crippen LogP contribution in [0.25, 0.3) is 5.76 Å². The molecule has 9 nitrogen and oxygen atoms in total. The molecule has 1 amide bonds. The van der Waals surface area contributed by atoms with Gasteiger partial charge in [0.15, 0.2) is 17.3 Å². The van der Waals surface area contributed by atoms with Crippen LogP contribution in [0.15, 0.2) is 52.6 Å². The molecule has 1 N–H and O–H groups in total. The number of carbonyl (C=O) groups excluding carboxylic acids is 2. The molecule has 1 saturated heterocycles. The number of rotatable bonds is 6. The van der Waals surface area contributed by atoms with Crippen molar-refractivity contribution >= 4 is 23.3 Å². The van der Waals surface area contributed by atoms with Gasteiger partial charge in [0.05, 0.1) is 32.9 Å². The first-order valence-electron chi connectivity index (χ1n) is 10.4. The van der Waals surface area contributed by atoms with E-state index in [1.165, 1.54) is 26.2 Å². The minimum Gasteiger partial charge on any atom is -0.507 e. The second-order valence-electron chi connectivity index (χ2n) is 7.79. The molecule has 34 heavy (non-hydrogen) atoms. The van der Waals surface area contributed by atoms with Gasteiger partial charge in [0.25, 0.3) is 5.78 Å². The largest absolute Gasteiger partial charge is 0.507 e. The summed E-state index contributed by atoms with van der Waals surface area (Å²) < 4.78 is 21.5. The molecule has 0 bridgehead atoms. The molecule has 1 aliphatic heterocycles. The van der Waals surface area contributed by atoms with Gasteiger partial charge in [-0.05, 0) is 31.5 Å². The average molecular weight is 464 g/mol. The van der Waals surface area contributed by atoms with Crippen molar-refractivity contribution in [3.8, 4) is 17.2 Å². The van der Waals surface area contributed by atoms with Crippen LogP contribution < -0.4 is 19.1 Å². The van der Waals surface area contributed by atoms with E-state index < -0.39 is 17.7 Å². The number of aliphatic hydroxyl groups excluding tert-OH is 1. The summed E-state index contributed by atoms with van der Waals surface area (Å²) in [6.07, 6.45) is 0. The van der Waals surface area contributed by atoms with Crippen molar-refractivity contribution in [3.05, 3.63) is 70.5 Å². The maximum Gasteiger partial charge on any atom is 0.301 e. The van der Waals surface area contributed by atoms with E-state index in [0.717, 1.165) is 5.56 Å². The molecular formula is C25H24N2O7. The van der Waals surface area contributed by atoms with E-state index in [0.29, 0.717) is 34.1 Å². The predicted molar refractivity (Wildman–Crippen MR) is 123 cm³/mol. The van der Waals surface area contributed by atoms with E-state index >= 15 is 0 Å². The van der Waals surface area contributed by atoms with Crippen LogP contribution in [0.3, 0.4) is 0 Å². The predicted octanol–water partition coefficient (Wildman–Crippen LogP) is 3.94. The third-order valence-corrected chi connectivity index (χ3v) is 5.63. The smallest absolute Gasteiger partial charge is 0.301 e. The van der Waals surface area contributed by atoms with Gasteiger partial charge in [0.1, 0.15) is 11.5 Å². The highest BCUT2D eigenvalue weighted by Crippen LogP contribution is 2.46. The van der Waals surface area contributed by atoms with Crippen LogP contribution in [0.4, 0.5) is 5.82 Å². The van der Waals surface area contributed by atoms with E-state index in [1.54, 1.807) is 49.4 Å². The summed E-state index contributed by atoms with van der Waals surface area (Å²) in [6, 6.07) is 10.7. The molecule has 0 radical (unpaired) electrons. The number of aliphatic hydroxyl groups is 1. The minimum atomic E-state index is -1.03. The maximum absolute atomic E-state index is 13.2. The lowest BCUT2D eigenvalue weighted by atomic mass is 9.94. The Morgan fingerprint density at radius 2 is 1.59 bits per heavy atom. The fraction of sp³-hybridized carbons (Fsp3) is 0.240. The van der Waals surface area contributed by atoms with Gasteiger partial charge in [-0.1, -0.05) is 35.0 Å². The number of carbonyl (C=O) groups is 2. The number of amides is 1. The first kappa shape index (κ1) is 22.9. The summed E-state index contributed by atoms with van der Waals surface area (Å²) in [5.41, 5.74) is 1.74. The fourth-order valence-corrected chi connectivity index (χ4v) is 3.98. The Labute approximate surface area is 196 Å². The molecule has 1 fully saturated rings. The van der Waals surface area contributed by atoms with Gasteiger partial charge in [0, 0.05) is 11.6 Å². The van der Waals surface area contributed by atoms with Crippen molar-refractivity contribution < 1.29 is 33.4 Å². The van der Waals surface area contributed by atoms with Crippen molar-refractivity contribution in [1.29, 1.82) is 0 Å². The standard InChI is InChI=1S/C25H24N2O7/c1-13-6-8-15(9-7-13)22(28)20-21(16-11-17(31-3)24(33-5)18(12-16)32-4)27(25(30)23(20)29)19-10-14(2)34-26-19/h6-12,21,28H,1-5H3/b22-20+. The van der Waals surface area contributed by atoms with E-state index in [4.69, 9.17) is 18.7 Å². The molecule has 2 aromatic carbocycles. The van der Waals surface area contributed by atoms with Gasteiger partial charge in [-0.25, -0.2) is 0 Å². The zero-order valence-electron chi connectivity index (χ0n) is 19.4. The first-order valence-corrected chi connectivity index (χ1v) is 10.4. The number of anilines is 1. The van der Waals surface area contributed by atoms with Crippen LogP contribution in [-0.2, 0) is 9.59 Å². The zero-order chi connectivity index (χ0) is 24.6. The highest BCUT2D eigenvalue weighted by atomic mass is 16.5. The molecular weight excluding hydrogens is 440 g/mol. The van der Waals surface area contributed by atoms with Crippen LogP contribution in [0.1, 0.15) is 28.5 Å². The fourth-order valence-electron chi connectivity index (χ4n) is 3.98. The molecule has 0 aliphatic carbocycles. The Morgan fingerprint density at radius 3 is 2.09 bits per heavy atom. The molecule has 9 heteroatoms. The normalized spacial score (nSPS) is 17.2. The lowest BCUT2D eigenvalue weighted by Crippen LogP contribution is -2.29. The number of hydrogen-bond acceptors (Lipinski definition) is 8. The van der Waals surface area contributed by atoms with Crippen molar-refractivity contribution in [2.24, 2.45) is 0 Å². The van der Waals surface area contributed by atoms with E-state index in [2.05, 4.69) is 5.16 Å². The van der Waals surface area contributed by atoms with Crippen molar-refractivity contribution in [2.45, 2.75) is 19.9 Å². The lowest BCUT2D eigenvalue weighted by molar-refractivity contribution is -0.132. The molecule has 4 rings (SSSR count). The first-order chi connectivity index (χ1) is 16.3. The van der Waals surface area contributed by atoms with Crippen molar-refractivity contribution in [1.82, 2.24) is 5.16 Å². The van der Waals surface area contributed by atoms with Crippen LogP contribution in [-0.4, -0.2) is 43.3 Å². The summed E-state index contributed by atoms with van der Waals surface area (Å²) in [5.74, 6) is -0.400. The quantitative estimate of drug-likeness (QED) is 0.332. The van der Waals surface area contributed by atoms with E-state index in [1.807, 2.05) is 6.92 Å². The highest BCUT2D eigenvalue weighted by molar-refractivity contribution is 6.51. The molecule has 1 aromatic heterocycles. The third kappa shape index (κ3) is 3.75. The number of methoxy groups -OCH3 is 3. The number of Topliss-reactive ketones (excluding diaryl/α,β-unsaturated/α-hetero) is 1. The second-order valence-corrected chi connectivity index (χ2v) is 7.79. The Morgan fingerprint density at radius 1 is 0.971 bits per heavy atom. The number of aryl methyl sites for hydroxylation is 2. The van der Waals surface area contributed by atoms with Gasteiger partial charge in [0.2, 0.25) is 5.75 Å². The van der Waals surface area contributed by atoms with Crippen molar-refractivity contribution in [2.75, 3.05) is 26.2 Å². The molecule has 1 aliphatic rings. The molecule has 3 aromatic rings. The van der Waals surface area contributed by atoms with Crippen LogP contribution in [0.2, 0.25) is 0 Å². The Bertz CT molecular complexity index is 1270. The number of ether oxygens (including phenoxy) is 3. The van der Waals surface area contributed by atoms with Gasteiger partial charge < -0.3 is 23.8 Å². The van der Waals surface area contributed by atoms with E-state index in [9.17, 15) is 14.7 Å². The topological polar surface area (TPSA) is 111 Å². The highest BCUT2D eigenvalue weighted by Gasteiger charge is 2.48. The Balaban J connectivity index is 2.00. The van der Waals surface area contributed by atoms with Gasteiger partial charge in [-0.2, -0.15) is 0 Å². The second kappa shape index (κ2) is 8.93. The number of hydrogen-bond donors (Lipinski definition) is 1. The Kier molecular flexibility index (Phi) is 6.02.